The molecule has 0 spiro atoms. The standard InChI is InChI=1S/C13H9ClN4O/c1-8(14)9-3-4-11-10(7-9)12(19)17-13(16-11)18-6-2-5-15-18/h2-7H,1H2,(H,16,17,19). The smallest absolute Gasteiger partial charge is 0.260 e. The number of aromatic nitrogens is 4. The summed E-state index contributed by atoms with van der Waals surface area (Å²) in [6.45, 7) is 3.64. The van der Waals surface area contributed by atoms with Gasteiger partial charge in [-0.2, -0.15) is 5.10 Å². The van der Waals surface area contributed by atoms with Crippen molar-refractivity contribution >= 4 is 27.5 Å². The van der Waals surface area contributed by atoms with Crippen LogP contribution in [0.1, 0.15) is 5.56 Å². The van der Waals surface area contributed by atoms with Crippen LogP contribution in [0.3, 0.4) is 0 Å². The Bertz CT molecular complexity index is 820. The molecule has 0 fully saturated rings. The highest BCUT2D eigenvalue weighted by molar-refractivity contribution is 6.48. The summed E-state index contributed by atoms with van der Waals surface area (Å²) in [4.78, 5) is 19.1. The monoisotopic (exact) mass is 272 g/mol. The van der Waals surface area contributed by atoms with Crippen LogP contribution in [0.2, 0.25) is 0 Å². The minimum atomic E-state index is -0.240. The third kappa shape index (κ3) is 2.04. The normalized spacial score (nSPS) is 10.8. The molecular formula is C13H9ClN4O. The Balaban J connectivity index is 2.26. The fourth-order valence-corrected chi connectivity index (χ4v) is 1.92. The lowest BCUT2D eigenvalue weighted by atomic mass is 10.1. The first-order valence-corrected chi connectivity index (χ1v) is 5.92. The van der Waals surface area contributed by atoms with Crippen LogP contribution in [0.5, 0.6) is 0 Å². The number of fused-ring (bicyclic) bond motifs is 1. The maximum atomic E-state index is 12.1. The summed E-state index contributed by atoms with van der Waals surface area (Å²) in [5, 5.41) is 4.88. The van der Waals surface area contributed by atoms with Crippen LogP contribution >= 0.6 is 11.6 Å². The van der Waals surface area contributed by atoms with Crippen LogP contribution in [0.4, 0.5) is 0 Å². The summed E-state index contributed by atoms with van der Waals surface area (Å²) in [5.74, 6) is 0.375. The van der Waals surface area contributed by atoms with Crippen LogP contribution < -0.4 is 5.56 Å². The van der Waals surface area contributed by atoms with Gasteiger partial charge in [-0.05, 0) is 23.8 Å². The largest absolute Gasteiger partial charge is 0.290 e. The van der Waals surface area contributed by atoms with Crippen molar-refractivity contribution in [3.63, 3.8) is 0 Å². The van der Waals surface area contributed by atoms with Gasteiger partial charge in [0.15, 0.2) is 0 Å². The summed E-state index contributed by atoms with van der Waals surface area (Å²) in [5.41, 5.74) is 1.04. The summed E-state index contributed by atoms with van der Waals surface area (Å²) in [6, 6.07) is 6.94. The van der Waals surface area contributed by atoms with Gasteiger partial charge in [0.25, 0.3) is 5.56 Å². The number of halogens is 1. The first kappa shape index (κ1) is 11.7. The molecule has 0 aliphatic carbocycles. The molecule has 0 atom stereocenters. The van der Waals surface area contributed by atoms with Gasteiger partial charge in [0.2, 0.25) is 5.95 Å². The number of H-pyrrole nitrogens is 1. The van der Waals surface area contributed by atoms with Crippen LogP contribution in [-0.2, 0) is 0 Å². The number of hydrogen-bond acceptors (Lipinski definition) is 3. The zero-order chi connectivity index (χ0) is 13.4. The summed E-state index contributed by atoms with van der Waals surface area (Å²) in [6.07, 6.45) is 3.32. The van der Waals surface area contributed by atoms with Crippen molar-refractivity contribution in [2.45, 2.75) is 0 Å². The number of nitrogens with zero attached hydrogens (tertiary/aromatic N) is 3. The average molecular weight is 273 g/mol. The Kier molecular flexibility index (Phi) is 2.68. The number of nitrogens with one attached hydrogen (secondary N) is 1. The van der Waals surface area contributed by atoms with Crippen molar-refractivity contribution in [2.75, 3.05) is 0 Å². The SMILES string of the molecule is C=C(Cl)c1ccc2nc(-n3cccn3)[nH]c(=O)c2c1. The van der Waals surface area contributed by atoms with E-state index < -0.39 is 0 Å². The Labute approximate surface area is 113 Å². The van der Waals surface area contributed by atoms with Crippen molar-refractivity contribution in [3.8, 4) is 5.95 Å². The Morgan fingerprint density at radius 3 is 2.95 bits per heavy atom. The number of aromatic amines is 1. The van der Waals surface area contributed by atoms with Crippen LogP contribution in [0, 0.1) is 0 Å². The Morgan fingerprint density at radius 1 is 1.42 bits per heavy atom. The predicted octanol–water partition coefficient (Wildman–Crippen LogP) is 2.32. The van der Waals surface area contributed by atoms with E-state index in [1.165, 1.54) is 4.68 Å². The fourth-order valence-electron chi connectivity index (χ4n) is 1.80. The minimum Gasteiger partial charge on any atom is -0.290 e. The zero-order valence-electron chi connectivity index (χ0n) is 9.80. The maximum absolute atomic E-state index is 12.1. The van der Waals surface area contributed by atoms with Crippen molar-refractivity contribution in [3.05, 3.63) is 59.2 Å². The summed E-state index contributed by atoms with van der Waals surface area (Å²) in [7, 11) is 0. The molecule has 0 radical (unpaired) electrons. The highest BCUT2D eigenvalue weighted by Gasteiger charge is 2.07. The molecule has 5 nitrogen and oxygen atoms in total. The molecule has 19 heavy (non-hydrogen) atoms. The molecular weight excluding hydrogens is 264 g/mol. The summed E-state index contributed by atoms with van der Waals surface area (Å²) < 4.78 is 1.50. The fraction of sp³-hybridized carbons (Fsp3) is 0. The summed E-state index contributed by atoms with van der Waals surface area (Å²) >= 11 is 5.83. The second kappa shape index (κ2) is 4.37. The van der Waals surface area contributed by atoms with Gasteiger partial charge in [0.05, 0.1) is 10.9 Å². The van der Waals surface area contributed by atoms with Crippen molar-refractivity contribution in [1.29, 1.82) is 0 Å². The van der Waals surface area contributed by atoms with Gasteiger partial charge in [-0.15, -0.1) is 0 Å². The van der Waals surface area contributed by atoms with E-state index in [-0.39, 0.29) is 5.56 Å². The minimum absolute atomic E-state index is 0.240. The van der Waals surface area contributed by atoms with Gasteiger partial charge < -0.3 is 0 Å². The van der Waals surface area contributed by atoms with E-state index in [4.69, 9.17) is 11.6 Å². The molecule has 0 bridgehead atoms. The zero-order valence-corrected chi connectivity index (χ0v) is 10.6. The van der Waals surface area contributed by atoms with Crippen molar-refractivity contribution < 1.29 is 0 Å². The molecule has 0 aliphatic heterocycles. The van der Waals surface area contributed by atoms with Crippen molar-refractivity contribution in [2.24, 2.45) is 0 Å². The van der Waals surface area contributed by atoms with Crippen LogP contribution in [0.15, 0.2) is 48.0 Å². The molecule has 0 unspecified atom stereocenters. The number of rotatable bonds is 2. The predicted molar refractivity (Wildman–Crippen MR) is 74.4 cm³/mol. The van der Waals surface area contributed by atoms with E-state index >= 15 is 0 Å². The van der Waals surface area contributed by atoms with Gasteiger partial charge >= 0.3 is 0 Å². The maximum Gasteiger partial charge on any atom is 0.260 e. The molecule has 0 aliphatic rings. The van der Waals surface area contributed by atoms with Gasteiger partial charge in [-0.1, -0.05) is 24.2 Å². The molecule has 1 N–H and O–H groups in total. The molecule has 3 rings (SSSR count). The molecule has 3 aromatic rings. The van der Waals surface area contributed by atoms with E-state index in [0.717, 1.165) is 0 Å². The van der Waals surface area contributed by atoms with Crippen LogP contribution in [0.25, 0.3) is 21.9 Å². The quantitative estimate of drug-likeness (QED) is 0.779. The van der Waals surface area contributed by atoms with Crippen LogP contribution in [-0.4, -0.2) is 19.7 Å². The second-order valence-electron chi connectivity index (χ2n) is 3.98. The molecule has 1 aromatic carbocycles. The lowest BCUT2D eigenvalue weighted by molar-refractivity contribution is 0.810. The van der Waals surface area contributed by atoms with Gasteiger partial charge in [0, 0.05) is 17.4 Å². The average Bonchev–Trinajstić information content (AvgIpc) is 2.92. The highest BCUT2D eigenvalue weighted by Crippen LogP contribution is 2.19. The molecule has 6 heteroatoms. The van der Waals surface area contributed by atoms with Gasteiger partial charge in [-0.25, -0.2) is 9.67 Å². The van der Waals surface area contributed by atoms with E-state index in [1.54, 1.807) is 36.7 Å². The Morgan fingerprint density at radius 2 is 2.26 bits per heavy atom. The molecule has 0 amide bonds. The van der Waals surface area contributed by atoms with E-state index in [9.17, 15) is 4.79 Å². The molecule has 2 aromatic heterocycles. The van der Waals surface area contributed by atoms with Gasteiger partial charge in [-0.3, -0.25) is 9.78 Å². The van der Waals surface area contributed by atoms with Crippen molar-refractivity contribution in [1.82, 2.24) is 19.7 Å². The van der Waals surface area contributed by atoms with E-state index in [2.05, 4.69) is 21.6 Å². The molecule has 2 heterocycles. The molecule has 0 saturated heterocycles. The third-order valence-electron chi connectivity index (χ3n) is 2.73. The first-order valence-electron chi connectivity index (χ1n) is 5.54. The van der Waals surface area contributed by atoms with E-state index in [0.29, 0.717) is 27.4 Å². The lowest BCUT2D eigenvalue weighted by Crippen LogP contribution is -2.13. The number of hydrogen-bond donors (Lipinski definition) is 1. The Hall–Kier alpha value is -2.40. The topological polar surface area (TPSA) is 63.6 Å². The van der Waals surface area contributed by atoms with E-state index in [1.807, 2.05) is 0 Å². The third-order valence-corrected chi connectivity index (χ3v) is 2.95. The number of benzene rings is 1. The van der Waals surface area contributed by atoms with Gasteiger partial charge in [0.1, 0.15) is 0 Å². The highest BCUT2D eigenvalue weighted by atomic mass is 35.5. The lowest BCUT2D eigenvalue weighted by Gasteiger charge is -2.04. The second-order valence-corrected chi connectivity index (χ2v) is 4.43. The molecule has 0 saturated carbocycles. The molecule has 94 valence electrons. The first-order chi connectivity index (χ1) is 9.15.